The molecule has 2 N–H and O–H groups in total. The molecule has 5 heteroatoms. The van der Waals surface area contributed by atoms with Crippen molar-refractivity contribution in [3.8, 4) is 0 Å². The minimum absolute atomic E-state index is 0.191. The fourth-order valence-electron chi connectivity index (χ4n) is 1.36. The molecule has 0 amide bonds. The van der Waals surface area contributed by atoms with E-state index in [2.05, 4.69) is 3.66 Å². The zero-order valence-corrected chi connectivity index (χ0v) is 7.67. The van der Waals surface area contributed by atoms with E-state index < -0.39 is 15.0 Å². The average Bonchev–Trinajstić information content (AvgIpc) is 1.85. The van der Waals surface area contributed by atoms with Crippen LogP contribution in [0.2, 0.25) is 0 Å². The van der Waals surface area contributed by atoms with Crippen molar-refractivity contribution >= 4 is 0 Å². The molecule has 0 aliphatic heterocycles. The Kier molecular flexibility index (Phi) is 3.21. The van der Waals surface area contributed by atoms with E-state index in [1.54, 1.807) is 0 Å². The normalized spacial score (nSPS) is 22.0. The van der Waals surface area contributed by atoms with Crippen LogP contribution in [0.4, 0.5) is 0 Å². The molecule has 66 valence electrons. The second-order valence-electron chi connectivity index (χ2n) is 2.86. The third kappa shape index (κ3) is 3.98. The second kappa shape index (κ2) is 3.78. The van der Waals surface area contributed by atoms with E-state index in [-0.39, 0.29) is 6.10 Å². The van der Waals surface area contributed by atoms with Crippen molar-refractivity contribution < 1.29 is 30.4 Å². The molecule has 1 saturated carbocycles. The van der Waals surface area contributed by atoms with Gasteiger partial charge in [-0.2, -0.15) is 0 Å². The molecule has 0 bridgehead atoms. The van der Waals surface area contributed by atoms with Gasteiger partial charge in [0.1, 0.15) is 0 Å². The SMILES string of the molecule is [O]=[V]([OH])([OH])[O]C1CCCCC1. The van der Waals surface area contributed by atoms with Crippen molar-refractivity contribution in [2.24, 2.45) is 0 Å². The quantitative estimate of drug-likeness (QED) is 0.683. The van der Waals surface area contributed by atoms with Gasteiger partial charge < -0.3 is 0 Å². The van der Waals surface area contributed by atoms with Gasteiger partial charge >= 0.3 is 68.6 Å². The zero-order chi connectivity index (χ0) is 8.32. The van der Waals surface area contributed by atoms with Gasteiger partial charge in [-0.3, -0.25) is 0 Å². The van der Waals surface area contributed by atoms with Crippen LogP contribution in [0.15, 0.2) is 0 Å². The first kappa shape index (κ1) is 9.35. The molecule has 1 aliphatic carbocycles. The maximum absolute atomic E-state index is 10.4. The third-order valence-corrected chi connectivity index (χ3v) is 2.73. The van der Waals surface area contributed by atoms with Gasteiger partial charge in [0.25, 0.3) is 0 Å². The minimum atomic E-state index is -4.80. The van der Waals surface area contributed by atoms with E-state index in [1.165, 1.54) is 0 Å². The Morgan fingerprint density at radius 3 is 2.18 bits per heavy atom. The first-order chi connectivity index (χ1) is 5.08. The van der Waals surface area contributed by atoms with Gasteiger partial charge in [0, 0.05) is 0 Å². The molecule has 0 heterocycles. The average molecular weight is 200 g/mol. The molecular weight excluding hydrogens is 187 g/mol. The van der Waals surface area contributed by atoms with Gasteiger partial charge in [0.05, 0.1) is 0 Å². The summed E-state index contributed by atoms with van der Waals surface area (Å²) in [6.45, 7) is 0. The van der Waals surface area contributed by atoms with E-state index in [0.717, 1.165) is 32.1 Å². The summed E-state index contributed by atoms with van der Waals surface area (Å²) in [5.41, 5.74) is 0. The summed E-state index contributed by atoms with van der Waals surface area (Å²) < 4.78 is 32.1. The first-order valence-electron chi connectivity index (χ1n) is 3.82. The molecule has 1 aliphatic rings. The van der Waals surface area contributed by atoms with Crippen LogP contribution in [-0.4, -0.2) is 14.2 Å². The molecule has 11 heavy (non-hydrogen) atoms. The molecule has 1 fully saturated rings. The van der Waals surface area contributed by atoms with E-state index in [0.29, 0.717) is 0 Å². The van der Waals surface area contributed by atoms with Gasteiger partial charge in [-0.1, -0.05) is 0 Å². The van der Waals surface area contributed by atoms with Crippen LogP contribution in [0.1, 0.15) is 32.1 Å². The monoisotopic (exact) mass is 200 g/mol. The molecule has 1 rings (SSSR count). The molecule has 0 unspecified atom stereocenters. The maximum atomic E-state index is 10.4. The Morgan fingerprint density at radius 2 is 1.73 bits per heavy atom. The van der Waals surface area contributed by atoms with Crippen molar-refractivity contribution in [3.05, 3.63) is 0 Å². The van der Waals surface area contributed by atoms with Crippen molar-refractivity contribution in [1.82, 2.24) is 0 Å². The number of hydrogen-bond acceptors (Lipinski definition) is 2. The van der Waals surface area contributed by atoms with Gasteiger partial charge in [-0.25, -0.2) is 0 Å². The van der Waals surface area contributed by atoms with Crippen LogP contribution < -0.4 is 0 Å². The Balaban J connectivity index is 2.30. The fourth-order valence-corrected chi connectivity index (χ4v) is 2.30. The molecule has 0 aromatic rings. The van der Waals surface area contributed by atoms with Crippen LogP contribution in [0, 0.1) is 0 Å². The van der Waals surface area contributed by atoms with Crippen LogP contribution in [0.5, 0.6) is 0 Å². The summed E-state index contributed by atoms with van der Waals surface area (Å²) in [6.07, 6.45) is 4.62. The van der Waals surface area contributed by atoms with Crippen LogP contribution in [-0.2, 0) is 22.4 Å². The summed E-state index contributed by atoms with van der Waals surface area (Å²) in [5.74, 6) is 0. The molecule has 0 atom stereocenters. The summed E-state index contributed by atoms with van der Waals surface area (Å²) in [6, 6.07) is 0. The second-order valence-corrected chi connectivity index (χ2v) is 4.72. The Hall–Kier alpha value is 0.264. The van der Waals surface area contributed by atoms with E-state index in [4.69, 9.17) is 8.06 Å². The number of rotatable bonds is 2. The molecule has 0 spiro atoms. The summed E-state index contributed by atoms with van der Waals surface area (Å²) in [4.78, 5) is 0. The standard InChI is InChI=1S/C6H11O.2H2O.O.V/c7-6-4-2-1-3-5-6;;;;/h6H,1-5H2;2*1H2;;/q-1;;;;+3/p-2. The van der Waals surface area contributed by atoms with Gasteiger partial charge in [-0.15, -0.1) is 0 Å². The van der Waals surface area contributed by atoms with Crippen LogP contribution in [0.3, 0.4) is 0 Å². The first-order valence-corrected chi connectivity index (χ1v) is 6.21. The van der Waals surface area contributed by atoms with Gasteiger partial charge in [0.15, 0.2) is 0 Å². The Bertz CT molecular complexity index is 158. The van der Waals surface area contributed by atoms with Crippen molar-refractivity contribution in [2.75, 3.05) is 0 Å². The summed E-state index contributed by atoms with van der Waals surface area (Å²) in [7, 11) is 0. The van der Waals surface area contributed by atoms with Crippen LogP contribution in [0.25, 0.3) is 0 Å². The Labute approximate surface area is 69.1 Å². The van der Waals surface area contributed by atoms with E-state index in [9.17, 15) is 3.67 Å². The fraction of sp³-hybridized carbons (Fsp3) is 1.00. The van der Waals surface area contributed by atoms with Crippen LogP contribution >= 0.6 is 0 Å². The summed E-state index contributed by atoms with van der Waals surface area (Å²) >= 11 is -4.80. The summed E-state index contributed by atoms with van der Waals surface area (Å²) in [5, 5.41) is 0. The predicted octanol–water partition coefficient (Wildman–Crippen LogP) is 0.565. The van der Waals surface area contributed by atoms with Crippen molar-refractivity contribution in [2.45, 2.75) is 38.2 Å². The third-order valence-electron chi connectivity index (χ3n) is 1.84. The molecule has 0 saturated heterocycles. The zero-order valence-electron chi connectivity index (χ0n) is 6.27. The molecular formula is C6H13O4V. The van der Waals surface area contributed by atoms with Crippen molar-refractivity contribution in [1.29, 1.82) is 0 Å². The molecule has 0 aromatic carbocycles. The van der Waals surface area contributed by atoms with Gasteiger partial charge in [0.2, 0.25) is 0 Å². The Morgan fingerprint density at radius 1 is 1.18 bits per heavy atom. The number of hydrogen-bond donors (Lipinski definition) is 2. The predicted molar refractivity (Wildman–Crippen MR) is 33.1 cm³/mol. The van der Waals surface area contributed by atoms with E-state index in [1.807, 2.05) is 0 Å². The van der Waals surface area contributed by atoms with Crippen molar-refractivity contribution in [3.63, 3.8) is 0 Å². The van der Waals surface area contributed by atoms with Gasteiger partial charge in [-0.05, 0) is 0 Å². The molecule has 0 radical (unpaired) electrons. The van der Waals surface area contributed by atoms with E-state index >= 15 is 0 Å². The topological polar surface area (TPSA) is 66.8 Å². The molecule has 0 aromatic heterocycles. The molecule has 4 nitrogen and oxygen atoms in total.